The number of aliphatic hydroxyl groups is 3. The van der Waals surface area contributed by atoms with Crippen LogP contribution in [0.1, 0.15) is 148 Å². The number of aromatic hydroxyl groups is 2. The van der Waals surface area contributed by atoms with Crippen molar-refractivity contribution in [2.75, 3.05) is 13.7 Å². The molecule has 17 heteroatoms. The van der Waals surface area contributed by atoms with E-state index in [0.29, 0.717) is 12.8 Å². The largest absolute Gasteiger partial charge is 0.507 e. The Labute approximate surface area is 433 Å². The summed E-state index contributed by atoms with van der Waals surface area (Å²) in [7, 11) is 1.30. The molecule has 74 heavy (non-hydrogen) atoms. The number of nitrogens with one attached hydrogen (secondary N) is 3. The fourth-order valence-electron chi connectivity index (χ4n) is 9.18. The van der Waals surface area contributed by atoms with Crippen LogP contribution in [0.4, 0.5) is 0 Å². The van der Waals surface area contributed by atoms with E-state index in [2.05, 4.69) is 83.6 Å². The maximum absolute atomic E-state index is 14.1. The molecule has 1 aliphatic heterocycles. The van der Waals surface area contributed by atoms with E-state index in [0.717, 1.165) is 32.1 Å². The van der Waals surface area contributed by atoms with Crippen LogP contribution in [-0.4, -0.2) is 117 Å². The first-order chi connectivity index (χ1) is 35.4. The van der Waals surface area contributed by atoms with Gasteiger partial charge in [-0.15, -0.1) is 0 Å². The van der Waals surface area contributed by atoms with Crippen LogP contribution in [0, 0.1) is 5.92 Å². The first kappa shape index (κ1) is 58.4. The molecule has 1 heterocycles. The normalized spacial score (nSPS) is 22.7. The third-order valence-corrected chi connectivity index (χ3v) is 13.2. The number of ketones is 3. The zero-order valence-corrected chi connectivity index (χ0v) is 43.2. The van der Waals surface area contributed by atoms with E-state index in [1.807, 2.05) is 12.2 Å². The molecular formula is C57H73N3O14. The summed E-state index contributed by atoms with van der Waals surface area (Å²) in [5.41, 5.74) is -4.27. The molecule has 0 bridgehead atoms. The molecular weight excluding hydrogens is 951 g/mol. The maximum atomic E-state index is 14.1. The van der Waals surface area contributed by atoms with Gasteiger partial charge in [0.1, 0.15) is 47.6 Å². The Kier molecular flexibility index (Phi) is 21.9. The van der Waals surface area contributed by atoms with Crippen LogP contribution < -0.4 is 20.7 Å². The predicted molar refractivity (Wildman–Crippen MR) is 278 cm³/mol. The second-order valence-corrected chi connectivity index (χ2v) is 19.1. The van der Waals surface area contributed by atoms with Crippen molar-refractivity contribution in [3.05, 3.63) is 124 Å². The molecule has 0 radical (unpaired) electrons. The summed E-state index contributed by atoms with van der Waals surface area (Å²) in [6, 6.07) is 1.10. The average Bonchev–Trinajstić information content (AvgIpc) is 3.36. The van der Waals surface area contributed by atoms with E-state index >= 15 is 0 Å². The number of hydrogen-bond donors (Lipinski definition) is 8. The number of aliphatic hydroxyl groups excluding tert-OH is 2. The minimum absolute atomic E-state index is 0.0408. The number of carbonyl (C=O) groups is 6. The third-order valence-electron chi connectivity index (χ3n) is 13.2. The number of carbonyl (C=O) groups excluding carboxylic acids is 6. The molecule has 8 N–H and O–H groups in total. The molecule has 0 saturated carbocycles. The van der Waals surface area contributed by atoms with E-state index < -0.39 is 125 Å². The summed E-state index contributed by atoms with van der Waals surface area (Å²) in [4.78, 5) is 81.0. The van der Waals surface area contributed by atoms with Crippen molar-refractivity contribution in [2.24, 2.45) is 5.92 Å². The second-order valence-electron chi connectivity index (χ2n) is 19.1. The first-order valence-electron chi connectivity index (χ1n) is 25.4. The summed E-state index contributed by atoms with van der Waals surface area (Å²) >= 11 is 0. The van der Waals surface area contributed by atoms with Gasteiger partial charge in [0.15, 0.2) is 17.9 Å². The topological polar surface area (TPSA) is 267 Å². The quantitative estimate of drug-likeness (QED) is 0.0343. The SMILES string of the molecule is CC/C=C\C/C=C\C/C=C\C/C=C\C/C=C\C/C=C\CCC(=O)N[C@@H](C)C(=O)N[C@H](C(=O)N[C@H]1C[C@H](O[C@H]2C[C@](O)(C(=O)CO)Cc3c(O)c4c(c(O)c32)C(=O)c2c(OC)cccc2C4=O)O[C@@H](C)[C@@H]1O)C(C)C. The van der Waals surface area contributed by atoms with E-state index in [4.69, 9.17) is 14.2 Å². The van der Waals surface area contributed by atoms with E-state index in [-0.39, 0.29) is 46.8 Å². The molecule has 5 rings (SSSR count). The van der Waals surface area contributed by atoms with Gasteiger partial charge in [-0.2, -0.15) is 0 Å². The Bertz CT molecular complexity index is 2540. The first-order valence-corrected chi connectivity index (χ1v) is 25.4. The highest BCUT2D eigenvalue weighted by Gasteiger charge is 2.50. The summed E-state index contributed by atoms with van der Waals surface area (Å²) in [5.74, 6) is -6.32. The molecule has 2 aromatic carbocycles. The number of hydrogen-bond acceptors (Lipinski definition) is 14. The van der Waals surface area contributed by atoms with E-state index in [1.165, 1.54) is 39.2 Å². The van der Waals surface area contributed by atoms with Gasteiger partial charge < -0.3 is 55.7 Å². The van der Waals surface area contributed by atoms with Gasteiger partial charge in [0, 0.05) is 42.4 Å². The number of ether oxygens (including phenoxy) is 3. The van der Waals surface area contributed by atoms with Gasteiger partial charge in [-0.3, -0.25) is 28.8 Å². The Morgan fingerprint density at radius 3 is 1.96 bits per heavy atom. The Balaban J connectivity index is 1.16. The van der Waals surface area contributed by atoms with Gasteiger partial charge in [-0.25, -0.2) is 0 Å². The number of Topliss-reactive ketones (excluding diaryl/α,β-unsaturated/α-hetero) is 1. The van der Waals surface area contributed by atoms with Crippen LogP contribution in [0.3, 0.4) is 0 Å². The molecule has 1 fully saturated rings. The predicted octanol–water partition coefficient (Wildman–Crippen LogP) is 6.28. The van der Waals surface area contributed by atoms with Gasteiger partial charge in [0.2, 0.25) is 23.5 Å². The van der Waals surface area contributed by atoms with Crippen molar-refractivity contribution in [3.8, 4) is 17.2 Å². The Hall–Kier alpha value is -6.50. The van der Waals surface area contributed by atoms with Crippen LogP contribution >= 0.6 is 0 Å². The number of phenolic OH excluding ortho intramolecular Hbond substituents is 2. The number of fused-ring (bicyclic) bond motifs is 3. The number of rotatable bonds is 25. The molecule has 0 spiro atoms. The minimum atomic E-state index is -2.39. The van der Waals surface area contributed by atoms with Gasteiger partial charge in [0.25, 0.3) is 0 Å². The van der Waals surface area contributed by atoms with Crippen LogP contribution in [-0.2, 0) is 35.1 Å². The number of methoxy groups -OCH3 is 1. The highest BCUT2D eigenvalue weighted by molar-refractivity contribution is 6.31. The molecule has 3 aliphatic rings. The standard InChI is InChI=1S/C57H73N3O14/c1-7-8-9-10-11-12-13-14-15-16-17-18-19-20-21-22-23-24-25-29-43(63)58-35(4)55(69)60-49(34(2)3)56(70)59-39-30-44(73-36(5)50(39)64)74-41-32-57(71,42(62)33-61)31-38-46(41)54(68)48-47(52(38)66)51(65)37-27-26-28-40(72-6)45(37)53(48)67/h8-9,11-12,14-15,17-18,20-21,23-24,26-28,34-36,39,41,44,49-50,61,64,66,68,71H,7,10,13,16,19,22,25,29-33H2,1-6H3,(H,58,63)(H,59,70)(H,60,69)/b9-8-,12-11-,15-14-,18-17-,21-20-,24-23-/t35-,36-,39-,41-,44-,49-,50-,57-/m0/s1. The van der Waals surface area contributed by atoms with Gasteiger partial charge in [0.05, 0.1) is 42.0 Å². The Morgan fingerprint density at radius 2 is 1.39 bits per heavy atom. The highest BCUT2D eigenvalue weighted by atomic mass is 16.7. The zero-order chi connectivity index (χ0) is 54.1. The van der Waals surface area contributed by atoms with Crippen molar-refractivity contribution >= 4 is 35.1 Å². The maximum Gasteiger partial charge on any atom is 0.243 e. The second kappa shape index (κ2) is 27.7. The van der Waals surface area contributed by atoms with Crippen molar-refractivity contribution in [1.82, 2.24) is 16.0 Å². The number of amides is 3. The smallest absolute Gasteiger partial charge is 0.243 e. The summed E-state index contributed by atoms with van der Waals surface area (Å²) < 4.78 is 17.6. The molecule has 17 nitrogen and oxygen atoms in total. The Morgan fingerprint density at radius 1 is 0.811 bits per heavy atom. The van der Waals surface area contributed by atoms with Crippen molar-refractivity contribution in [2.45, 2.75) is 154 Å². The summed E-state index contributed by atoms with van der Waals surface area (Å²) in [6.07, 6.45) is 24.5. The number of phenols is 2. The van der Waals surface area contributed by atoms with Crippen LogP contribution in [0.25, 0.3) is 0 Å². The fourth-order valence-corrected chi connectivity index (χ4v) is 9.18. The lowest BCUT2D eigenvalue weighted by molar-refractivity contribution is -0.249. The molecule has 400 valence electrons. The fraction of sp³-hybridized carbons (Fsp3) is 0.474. The van der Waals surface area contributed by atoms with Gasteiger partial charge >= 0.3 is 0 Å². The average molecular weight is 1020 g/mol. The molecule has 3 amide bonds. The molecule has 0 unspecified atom stereocenters. The lowest BCUT2D eigenvalue weighted by Crippen LogP contribution is -2.60. The molecule has 2 aliphatic carbocycles. The van der Waals surface area contributed by atoms with Crippen LogP contribution in [0.2, 0.25) is 0 Å². The monoisotopic (exact) mass is 1020 g/mol. The summed E-state index contributed by atoms with van der Waals surface area (Å²) in [6.45, 7) is 7.43. The molecule has 2 aromatic rings. The highest BCUT2D eigenvalue weighted by Crippen LogP contribution is 2.52. The number of benzene rings is 2. The van der Waals surface area contributed by atoms with Crippen molar-refractivity contribution in [3.63, 3.8) is 0 Å². The van der Waals surface area contributed by atoms with Crippen LogP contribution in [0.5, 0.6) is 17.2 Å². The summed E-state index contributed by atoms with van der Waals surface area (Å²) in [5, 5.41) is 64.5. The van der Waals surface area contributed by atoms with Gasteiger partial charge in [-0.1, -0.05) is 106 Å². The van der Waals surface area contributed by atoms with E-state index in [9.17, 15) is 54.3 Å². The molecule has 8 atom stereocenters. The molecule has 1 saturated heterocycles. The van der Waals surface area contributed by atoms with Crippen molar-refractivity contribution in [1.29, 1.82) is 0 Å². The lowest BCUT2D eigenvalue weighted by Gasteiger charge is -2.43. The lowest BCUT2D eigenvalue weighted by atomic mass is 9.72. The zero-order valence-electron chi connectivity index (χ0n) is 43.2. The third kappa shape index (κ3) is 14.6. The van der Waals surface area contributed by atoms with Crippen molar-refractivity contribution < 1.29 is 68.5 Å². The van der Waals surface area contributed by atoms with Gasteiger partial charge in [-0.05, 0) is 70.8 Å². The minimum Gasteiger partial charge on any atom is -0.507 e. The molecule has 0 aromatic heterocycles. The van der Waals surface area contributed by atoms with Crippen LogP contribution in [0.15, 0.2) is 91.1 Å². The number of allylic oxidation sites excluding steroid dienone is 12. The van der Waals surface area contributed by atoms with E-state index in [1.54, 1.807) is 13.8 Å².